The molecule has 0 bridgehead atoms. The Hall–Kier alpha value is -1.86. The SMILES string of the molecule is C=C.C=C/C=C\C(=C/C)CCCN(C)CC(C)CCCC(C)C.Cc1ccc(C)cc1. The number of aryl methyl sites for hydroxylation is 2. The van der Waals surface area contributed by atoms with Crippen LogP contribution in [0.3, 0.4) is 0 Å². The molecule has 0 aromatic heterocycles. The smallest absolute Gasteiger partial charge is 0.000397 e. The van der Waals surface area contributed by atoms with Gasteiger partial charge in [-0.05, 0) is 65.5 Å². The summed E-state index contributed by atoms with van der Waals surface area (Å²) in [5.41, 5.74) is 4.07. The summed E-state index contributed by atoms with van der Waals surface area (Å²) in [5, 5.41) is 0. The molecule has 0 aliphatic rings. The van der Waals surface area contributed by atoms with Crippen molar-refractivity contribution in [2.24, 2.45) is 11.8 Å². The zero-order valence-electron chi connectivity index (χ0n) is 21.8. The van der Waals surface area contributed by atoms with Crippen LogP contribution in [0.5, 0.6) is 0 Å². The summed E-state index contributed by atoms with van der Waals surface area (Å²) < 4.78 is 0. The van der Waals surface area contributed by atoms with E-state index in [2.05, 4.69) is 110 Å². The first kappa shape index (κ1) is 31.3. The van der Waals surface area contributed by atoms with Crippen LogP contribution in [0.15, 0.2) is 73.9 Å². The monoisotopic (exact) mass is 425 g/mol. The Labute approximate surface area is 195 Å². The second kappa shape index (κ2) is 21.4. The van der Waals surface area contributed by atoms with Crippen molar-refractivity contribution in [1.29, 1.82) is 0 Å². The lowest BCUT2D eigenvalue weighted by molar-refractivity contribution is 0.270. The highest BCUT2D eigenvalue weighted by Gasteiger charge is 2.07. The number of rotatable bonds is 12. The van der Waals surface area contributed by atoms with Gasteiger partial charge in [-0.1, -0.05) is 105 Å². The fourth-order valence-corrected chi connectivity index (χ4v) is 3.29. The van der Waals surface area contributed by atoms with Gasteiger partial charge in [-0.25, -0.2) is 0 Å². The molecular formula is C30H51N. The molecule has 0 radical (unpaired) electrons. The van der Waals surface area contributed by atoms with E-state index in [4.69, 9.17) is 0 Å². The van der Waals surface area contributed by atoms with E-state index in [-0.39, 0.29) is 0 Å². The predicted octanol–water partition coefficient (Wildman–Crippen LogP) is 8.95. The number of allylic oxidation sites excluding steroid dienone is 5. The quantitative estimate of drug-likeness (QED) is 0.238. The minimum atomic E-state index is 0.815. The topological polar surface area (TPSA) is 3.24 Å². The summed E-state index contributed by atoms with van der Waals surface area (Å²) in [4.78, 5) is 2.49. The Morgan fingerprint density at radius 2 is 1.52 bits per heavy atom. The van der Waals surface area contributed by atoms with Crippen LogP contribution in [0.25, 0.3) is 0 Å². The molecule has 1 unspecified atom stereocenters. The molecule has 176 valence electrons. The maximum Gasteiger partial charge on any atom is 0.000397 e. The summed E-state index contributed by atoms with van der Waals surface area (Å²) in [6, 6.07) is 8.48. The van der Waals surface area contributed by atoms with Crippen molar-refractivity contribution in [2.45, 2.75) is 73.6 Å². The largest absolute Gasteiger partial charge is 0.306 e. The molecule has 0 fully saturated rings. The zero-order chi connectivity index (χ0) is 24.1. The van der Waals surface area contributed by atoms with E-state index in [9.17, 15) is 0 Å². The van der Waals surface area contributed by atoms with Gasteiger partial charge in [0, 0.05) is 6.54 Å². The molecule has 1 heteroatoms. The number of benzene rings is 1. The van der Waals surface area contributed by atoms with Crippen molar-refractivity contribution in [1.82, 2.24) is 4.90 Å². The van der Waals surface area contributed by atoms with Crippen LogP contribution < -0.4 is 0 Å². The summed E-state index contributed by atoms with van der Waals surface area (Å²) in [6.07, 6.45) is 14.7. The molecule has 1 rings (SSSR count). The molecule has 0 saturated heterocycles. The standard InChI is InChI=1S/C20H37N.C8H10.C2H4/c1-7-9-14-20(8-2)15-11-16-21(6)17-19(5)13-10-12-18(3)4;1-7-3-5-8(2)6-4-7;1-2/h7-9,14,18-19H,1,10-13,15-17H2,2-6H3;3-6H,1-2H3;1-2H2/b14-9-,20-8+;;. The molecule has 31 heavy (non-hydrogen) atoms. The second-order valence-corrected chi connectivity index (χ2v) is 8.91. The fraction of sp³-hybridized carbons (Fsp3) is 0.533. The molecule has 1 aromatic carbocycles. The van der Waals surface area contributed by atoms with Crippen molar-refractivity contribution < 1.29 is 0 Å². The Morgan fingerprint density at radius 1 is 0.968 bits per heavy atom. The minimum Gasteiger partial charge on any atom is -0.306 e. The lowest BCUT2D eigenvalue weighted by Gasteiger charge is -2.21. The third-order valence-corrected chi connectivity index (χ3v) is 5.14. The average molecular weight is 426 g/mol. The average Bonchev–Trinajstić information content (AvgIpc) is 2.74. The lowest BCUT2D eigenvalue weighted by atomic mass is 9.99. The Kier molecular flexibility index (Phi) is 21.6. The van der Waals surface area contributed by atoms with Gasteiger partial charge in [0.2, 0.25) is 0 Å². The Balaban J connectivity index is 0. The van der Waals surface area contributed by atoms with Crippen LogP contribution >= 0.6 is 0 Å². The van der Waals surface area contributed by atoms with Crippen molar-refractivity contribution >= 4 is 0 Å². The Morgan fingerprint density at radius 3 is 1.97 bits per heavy atom. The van der Waals surface area contributed by atoms with Gasteiger partial charge >= 0.3 is 0 Å². The van der Waals surface area contributed by atoms with E-state index in [0.29, 0.717) is 0 Å². The van der Waals surface area contributed by atoms with Crippen molar-refractivity contribution in [2.75, 3.05) is 20.1 Å². The van der Waals surface area contributed by atoms with E-state index in [0.717, 1.165) is 18.3 Å². The first-order chi connectivity index (χ1) is 14.8. The van der Waals surface area contributed by atoms with Crippen LogP contribution in [0.1, 0.15) is 70.9 Å². The zero-order valence-corrected chi connectivity index (χ0v) is 21.8. The van der Waals surface area contributed by atoms with Crippen molar-refractivity contribution in [3.05, 3.63) is 85.0 Å². The molecule has 0 N–H and O–H groups in total. The highest BCUT2D eigenvalue weighted by Crippen LogP contribution is 2.14. The molecule has 0 aliphatic carbocycles. The van der Waals surface area contributed by atoms with E-state index >= 15 is 0 Å². The highest BCUT2D eigenvalue weighted by atomic mass is 15.1. The first-order valence-corrected chi connectivity index (χ1v) is 11.9. The van der Waals surface area contributed by atoms with Gasteiger partial charge in [-0.3, -0.25) is 0 Å². The number of nitrogens with zero attached hydrogens (tertiary/aromatic N) is 1. The molecule has 0 aliphatic heterocycles. The maximum absolute atomic E-state index is 3.72. The highest BCUT2D eigenvalue weighted by molar-refractivity contribution is 5.21. The number of hydrogen-bond donors (Lipinski definition) is 0. The van der Waals surface area contributed by atoms with Crippen LogP contribution in [0, 0.1) is 25.7 Å². The third-order valence-electron chi connectivity index (χ3n) is 5.14. The van der Waals surface area contributed by atoms with Gasteiger partial charge in [0.25, 0.3) is 0 Å². The maximum atomic E-state index is 3.72. The van der Waals surface area contributed by atoms with E-state index < -0.39 is 0 Å². The first-order valence-electron chi connectivity index (χ1n) is 11.9. The van der Waals surface area contributed by atoms with Crippen LogP contribution in [-0.4, -0.2) is 25.0 Å². The van der Waals surface area contributed by atoms with Crippen LogP contribution in [0.2, 0.25) is 0 Å². The van der Waals surface area contributed by atoms with Crippen LogP contribution in [0.4, 0.5) is 0 Å². The van der Waals surface area contributed by atoms with Gasteiger partial charge in [-0.2, -0.15) is 0 Å². The summed E-state index contributed by atoms with van der Waals surface area (Å²) in [5.74, 6) is 1.66. The number of hydrogen-bond acceptors (Lipinski definition) is 1. The van der Waals surface area contributed by atoms with E-state index in [1.807, 2.05) is 12.2 Å². The van der Waals surface area contributed by atoms with Gasteiger partial charge < -0.3 is 4.90 Å². The van der Waals surface area contributed by atoms with Gasteiger partial charge in [-0.15, -0.1) is 13.2 Å². The lowest BCUT2D eigenvalue weighted by Crippen LogP contribution is -2.25. The molecule has 0 saturated carbocycles. The minimum absolute atomic E-state index is 0.815. The molecular weight excluding hydrogens is 374 g/mol. The van der Waals surface area contributed by atoms with Gasteiger partial charge in [0.05, 0.1) is 0 Å². The summed E-state index contributed by atoms with van der Waals surface area (Å²) in [6.45, 7) is 25.5. The van der Waals surface area contributed by atoms with E-state index in [1.54, 1.807) is 0 Å². The molecule has 1 aromatic rings. The normalized spacial score (nSPS) is 12.2. The van der Waals surface area contributed by atoms with Gasteiger partial charge in [0.15, 0.2) is 0 Å². The van der Waals surface area contributed by atoms with Crippen LogP contribution in [-0.2, 0) is 0 Å². The van der Waals surface area contributed by atoms with Gasteiger partial charge in [0.1, 0.15) is 0 Å². The summed E-state index contributed by atoms with van der Waals surface area (Å²) in [7, 11) is 2.26. The molecule has 1 nitrogen and oxygen atoms in total. The molecule has 0 amide bonds. The predicted molar refractivity (Wildman–Crippen MR) is 145 cm³/mol. The fourth-order valence-electron chi connectivity index (χ4n) is 3.29. The summed E-state index contributed by atoms with van der Waals surface area (Å²) >= 11 is 0. The molecule has 0 heterocycles. The third kappa shape index (κ3) is 21.2. The molecule has 0 spiro atoms. The van der Waals surface area contributed by atoms with E-state index in [1.165, 1.54) is 55.5 Å². The Bertz CT molecular complexity index is 570. The van der Waals surface area contributed by atoms with Crippen molar-refractivity contribution in [3.8, 4) is 0 Å². The second-order valence-electron chi connectivity index (χ2n) is 8.91. The molecule has 1 atom stereocenters. The van der Waals surface area contributed by atoms with Crippen molar-refractivity contribution in [3.63, 3.8) is 0 Å².